The Hall–Kier alpha value is -0.310. The van der Waals surface area contributed by atoms with Crippen LogP contribution in [0.3, 0.4) is 0 Å². The van der Waals surface area contributed by atoms with Crippen molar-refractivity contribution in [3.05, 3.63) is 33.5 Å². The minimum atomic E-state index is 0.192. The molecule has 0 aliphatic rings. The maximum atomic E-state index is 5.99. The topological polar surface area (TPSA) is 12.0 Å². The van der Waals surface area contributed by atoms with Gasteiger partial charge < -0.3 is 5.32 Å². The van der Waals surface area contributed by atoms with Crippen LogP contribution in [-0.4, -0.2) is 7.05 Å². The number of hydrogen-bond acceptors (Lipinski definition) is 2. The minimum Gasteiger partial charge on any atom is -0.309 e. The summed E-state index contributed by atoms with van der Waals surface area (Å²) in [6.07, 6.45) is 0. The lowest BCUT2D eigenvalue weighted by Gasteiger charge is -2.14. The summed E-state index contributed by atoms with van der Waals surface area (Å²) in [6.45, 7) is 5.91. The molecular formula is C9H12ClNS. The zero-order valence-electron chi connectivity index (χ0n) is 7.23. The van der Waals surface area contributed by atoms with E-state index in [-0.39, 0.29) is 6.04 Å². The van der Waals surface area contributed by atoms with Gasteiger partial charge in [-0.25, -0.2) is 0 Å². The highest BCUT2D eigenvalue weighted by molar-refractivity contribution is 7.10. The smallest absolute Gasteiger partial charge is 0.0637 e. The van der Waals surface area contributed by atoms with Crippen LogP contribution in [-0.2, 0) is 0 Å². The zero-order valence-corrected chi connectivity index (χ0v) is 8.80. The molecule has 0 fully saturated rings. The first-order valence-corrected chi connectivity index (χ1v) is 4.98. The van der Waals surface area contributed by atoms with Gasteiger partial charge >= 0.3 is 0 Å². The van der Waals surface area contributed by atoms with E-state index in [0.717, 1.165) is 15.5 Å². The van der Waals surface area contributed by atoms with Gasteiger partial charge in [-0.3, -0.25) is 0 Å². The second kappa shape index (κ2) is 4.08. The standard InChI is InChI=1S/C9H12ClNS/c1-6(2)8(11-3)9-7(10)4-5-12-9/h4-5,8,11H,1H2,2-3H3. The highest BCUT2D eigenvalue weighted by atomic mass is 35.5. The normalized spacial score (nSPS) is 12.9. The molecule has 0 saturated carbocycles. The first kappa shape index (κ1) is 9.78. The van der Waals surface area contributed by atoms with E-state index in [4.69, 9.17) is 11.6 Å². The van der Waals surface area contributed by atoms with Crippen molar-refractivity contribution in [1.29, 1.82) is 0 Å². The Bertz CT molecular complexity index is 280. The summed E-state index contributed by atoms with van der Waals surface area (Å²) in [4.78, 5) is 1.15. The van der Waals surface area contributed by atoms with E-state index < -0.39 is 0 Å². The molecule has 66 valence electrons. The molecule has 3 heteroatoms. The highest BCUT2D eigenvalue weighted by Crippen LogP contribution is 2.31. The molecule has 0 spiro atoms. The lowest BCUT2D eigenvalue weighted by molar-refractivity contribution is 0.692. The van der Waals surface area contributed by atoms with Crippen molar-refractivity contribution in [2.24, 2.45) is 0 Å². The second-order valence-corrected chi connectivity index (χ2v) is 4.06. The number of rotatable bonds is 3. The molecule has 1 nitrogen and oxygen atoms in total. The summed E-state index contributed by atoms with van der Waals surface area (Å²) in [5.41, 5.74) is 1.09. The maximum absolute atomic E-state index is 5.99. The van der Waals surface area contributed by atoms with Crippen LogP contribution < -0.4 is 5.32 Å². The van der Waals surface area contributed by atoms with Gasteiger partial charge in [0.05, 0.1) is 11.1 Å². The van der Waals surface area contributed by atoms with Crippen molar-refractivity contribution in [1.82, 2.24) is 5.32 Å². The fourth-order valence-corrected chi connectivity index (χ4v) is 2.48. The molecule has 1 rings (SSSR count). The van der Waals surface area contributed by atoms with Crippen LogP contribution in [0, 0.1) is 0 Å². The summed E-state index contributed by atoms with van der Waals surface area (Å²) in [5, 5.41) is 5.98. The van der Waals surface area contributed by atoms with Crippen molar-refractivity contribution in [2.75, 3.05) is 7.05 Å². The Morgan fingerprint density at radius 1 is 1.75 bits per heavy atom. The first-order chi connectivity index (χ1) is 5.66. The van der Waals surface area contributed by atoms with E-state index in [2.05, 4.69) is 11.9 Å². The Balaban J connectivity index is 2.94. The lowest BCUT2D eigenvalue weighted by Crippen LogP contribution is -2.15. The molecule has 0 aliphatic heterocycles. The van der Waals surface area contributed by atoms with Gasteiger partial charge in [-0.15, -0.1) is 11.3 Å². The zero-order chi connectivity index (χ0) is 9.14. The molecule has 0 radical (unpaired) electrons. The SMILES string of the molecule is C=C(C)C(NC)c1sccc1Cl. The van der Waals surface area contributed by atoms with Crippen LogP contribution in [0.25, 0.3) is 0 Å². The fourth-order valence-electron chi connectivity index (χ4n) is 1.11. The number of halogens is 1. The quantitative estimate of drug-likeness (QED) is 0.741. The Morgan fingerprint density at radius 3 is 2.75 bits per heavy atom. The van der Waals surface area contributed by atoms with E-state index in [1.54, 1.807) is 11.3 Å². The van der Waals surface area contributed by atoms with Crippen LogP contribution in [0.15, 0.2) is 23.6 Å². The molecule has 0 amide bonds. The summed E-state index contributed by atoms with van der Waals surface area (Å²) in [6, 6.07) is 2.10. The average Bonchev–Trinajstić information content (AvgIpc) is 2.38. The Labute approximate surface area is 82.1 Å². The van der Waals surface area contributed by atoms with Gasteiger partial charge in [0, 0.05) is 4.88 Å². The third kappa shape index (κ3) is 1.89. The molecule has 0 aromatic carbocycles. The molecule has 1 atom stereocenters. The molecule has 12 heavy (non-hydrogen) atoms. The average molecular weight is 202 g/mol. The van der Waals surface area contributed by atoms with E-state index in [9.17, 15) is 0 Å². The van der Waals surface area contributed by atoms with Gasteiger partial charge in [-0.1, -0.05) is 23.8 Å². The third-order valence-electron chi connectivity index (χ3n) is 1.69. The third-order valence-corrected chi connectivity index (χ3v) is 3.11. The molecule has 0 bridgehead atoms. The van der Waals surface area contributed by atoms with Gasteiger partial charge in [-0.05, 0) is 25.4 Å². The van der Waals surface area contributed by atoms with Crippen molar-refractivity contribution in [3.63, 3.8) is 0 Å². The van der Waals surface area contributed by atoms with Crippen LogP contribution >= 0.6 is 22.9 Å². The van der Waals surface area contributed by atoms with E-state index in [1.807, 2.05) is 25.4 Å². The molecule has 1 heterocycles. The van der Waals surface area contributed by atoms with E-state index in [0.29, 0.717) is 0 Å². The van der Waals surface area contributed by atoms with Crippen LogP contribution in [0.1, 0.15) is 17.8 Å². The van der Waals surface area contributed by atoms with Gasteiger partial charge in [0.25, 0.3) is 0 Å². The summed E-state index contributed by atoms with van der Waals surface area (Å²) >= 11 is 7.64. The molecule has 0 aliphatic carbocycles. The second-order valence-electron chi connectivity index (χ2n) is 2.70. The van der Waals surface area contributed by atoms with E-state index >= 15 is 0 Å². The van der Waals surface area contributed by atoms with Crippen LogP contribution in [0.4, 0.5) is 0 Å². The monoisotopic (exact) mass is 201 g/mol. The number of thiophene rings is 1. The Kier molecular flexibility index (Phi) is 3.32. The van der Waals surface area contributed by atoms with Gasteiger partial charge in [-0.2, -0.15) is 0 Å². The van der Waals surface area contributed by atoms with Crippen molar-refractivity contribution in [3.8, 4) is 0 Å². The molecule has 0 saturated heterocycles. The largest absolute Gasteiger partial charge is 0.309 e. The van der Waals surface area contributed by atoms with Crippen LogP contribution in [0.5, 0.6) is 0 Å². The summed E-state index contributed by atoms with van der Waals surface area (Å²) in [7, 11) is 1.91. The maximum Gasteiger partial charge on any atom is 0.0637 e. The van der Waals surface area contributed by atoms with Crippen molar-refractivity contribution >= 4 is 22.9 Å². The summed E-state index contributed by atoms with van der Waals surface area (Å²) in [5.74, 6) is 0. The lowest BCUT2D eigenvalue weighted by atomic mass is 10.1. The fraction of sp³-hybridized carbons (Fsp3) is 0.333. The molecule has 1 unspecified atom stereocenters. The summed E-state index contributed by atoms with van der Waals surface area (Å²) < 4.78 is 0. The predicted octanol–water partition coefficient (Wildman–Crippen LogP) is 3.24. The van der Waals surface area contributed by atoms with Gasteiger partial charge in [0.15, 0.2) is 0 Å². The first-order valence-electron chi connectivity index (χ1n) is 3.72. The van der Waals surface area contributed by atoms with E-state index in [1.165, 1.54) is 0 Å². The van der Waals surface area contributed by atoms with Gasteiger partial charge in [0.1, 0.15) is 0 Å². The predicted molar refractivity (Wildman–Crippen MR) is 55.9 cm³/mol. The molecule has 1 aromatic rings. The number of likely N-dealkylation sites (N-methyl/N-ethyl adjacent to an activating group) is 1. The van der Waals surface area contributed by atoms with Crippen molar-refractivity contribution < 1.29 is 0 Å². The van der Waals surface area contributed by atoms with Crippen molar-refractivity contribution in [2.45, 2.75) is 13.0 Å². The molecule has 1 N–H and O–H groups in total. The van der Waals surface area contributed by atoms with Crippen LogP contribution in [0.2, 0.25) is 5.02 Å². The number of nitrogens with one attached hydrogen (secondary N) is 1. The highest BCUT2D eigenvalue weighted by Gasteiger charge is 2.13. The van der Waals surface area contributed by atoms with Gasteiger partial charge in [0.2, 0.25) is 0 Å². The Morgan fingerprint density at radius 2 is 2.42 bits per heavy atom. The molecule has 1 aromatic heterocycles. The number of hydrogen-bond donors (Lipinski definition) is 1. The minimum absolute atomic E-state index is 0.192. The molecular weight excluding hydrogens is 190 g/mol.